The SMILES string of the molecule is C=C(/N=C(/N=C(N)C=C(C)C)c1c(C)ncn1C)N[C@@H](C)c1ccc(F)cn1. The molecule has 2 aromatic heterocycles. The predicted octanol–water partition coefficient (Wildman–Crippen LogP) is 3.15. The lowest BCUT2D eigenvalue weighted by atomic mass is 10.2. The van der Waals surface area contributed by atoms with Crippen molar-refractivity contribution >= 4 is 11.7 Å². The van der Waals surface area contributed by atoms with E-state index >= 15 is 0 Å². The second kappa shape index (κ2) is 9.07. The summed E-state index contributed by atoms with van der Waals surface area (Å²) in [4.78, 5) is 17.3. The van der Waals surface area contributed by atoms with Crippen molar-refractivity contribution in [3.63, 3.8) is 0 Å². The summed E-state index contributed by atoms with van der Waals surface area (Å²) < 4.78 is 14.9. The Hall–Kier alpha value is -3.29. The molecule has 2 rings (SSSR count). The Morgan fingerprint density at radius 2 is 2.04 bits per heavy atom. The van der Waals surface area contributed by atoms with Crippen molar-refractivity contribution in [2.24, 2.45) is 22.8 Å². The second-order valence-electron chi connectivity index (χ2n) is 6.70. The Balaban J connectivity index is 2.34. The molecule has 0 saturated carbocycles. The fourth-order valence-corrected chi connectivity index (χ4v) is 2.58. The Bertz CT molecular complexity index is 912. The molecule has 0 aromatic carbocycles. The van der Waals surface area contributed by atoms with Crippen molar-refractivity contribution in [3.8, 4) is 0 Å². The van der Waals surface area contributed by atoms with Gasteiger partial charge in [0.2, 0.25) is 0 Å². The lowest BCUT2D eigenvalue weighted by molar-refractivity contribution is 0.600. The van der Waals surface area contributed by atoms with Crippen LogP contribution in [0.15, 0.2) is 58.7 Å². The lowest BCUT2D eigenvalue weighted by Gasteiger charge is -2.15. The number of amidine groups is 2. The quantitative estimate of drug-likeness (QED) is 0.592. The van der Waals surface area contributed by atoms with Crippen LogP contribution in [0.25, 0.3) is 0 Å². The van der Waals surface area contributed by atoms with Crippen molar-refractivity contribution in [2.45, 2.75) is 33.7 Å². The van der Waals surface area contributed by atoms with Gasteiger partial charge in [-0.25, -0.2) is 19.4 Å². The summed E-state index contributed by atoms with van der Waals surface area (Å²) in [6.45, 7) is 11.6. The predicted molar refractivity (Wildman–Crippen MR) is 110 cm³/mol. The third kappa shape index (κ3) is 5.60. The number of nitrogens with one attached hydrogen (secondary N) is 1. The molecule has 2 aromatic rings. The van der Waals surface area contributed by atoms with Crippen molar-refractivity contribution in [2.75, 3.05) is 0 Å². The van der Waals surface area contributed by atoms with Crippen LogP contribution in [-0.2, 0) is 7.05 Å². The minimum absolute atomic E-state index is 0.218. The van der Waals surface area contributed by atoms with Gasteiger partial charge in [0.25, 0.3) is 0 Å². The first-order chi connectivity index (χ1) is 13.2. The zero-order chi connectivity index (χ0) is 20.8. The fraction of sp³-hybridized carbons (Fsp3) is 0.300. The molecule has 0 bridgehead atoms. The third-order valence-electron chi connectivity index (χ3n) is 3.82. The average Bonchev–Trinajstić information content (AvgIpc) is 2.92. The third-order valence-corrected chi connectivity index (χ3v) is 3.82. The monoisotopic (exact) mass is 383 g/mol. The molecule has 3 N–H and O–H groups in total. The van der Waals surface area contributed by atoms with Crippen LogP contribution in [-0.4, -0.2) is 26.2 Å². The highest BCUT2D eigenvalue weighted by atomic mass is 19.1. The number of pyridine rings is 1. The van der Waals surface area contributed by atoms with Crippen LogP contribution in [0.4, 0.5) is 4.39 Å². The van der Waals surface area contributed by atoms with Crippen LogP contribution in [0.1, 0.15) is 43.9 Å². The standard InChI is InChI=1S/C20H26FN7/c1-12(2)9-18(22)27-20(19-14(4)24-11-28(19)6)26-15(5)25-13(3)17-8-7-16(21)10-23-17/h7-11,13,25H,5H2,1-4,6H3,(H2,22,26,27)/t13-/m0/s1. The molecule has 0 unspecified atom stereocenters. The van der Waals surface area contributed by atoms with E-state index in [2.05, 4.69) is 31.8 Å². The van der Waals surface area contributed by atoms with Gasteiger partial charge >= 0.3 is 0 Å². The molecule has 148 valence electrons. The second-order valence-corrected chi connectivity index (χ2v) is 6.70. The summed E-state index contributed by atoms with van der Waals surface area (Å²) in [5, 5.41) is 3.14. The molecule has 0 amide bonds. The van der Waals surface area contributed by atoms with Crippen LogP contribution in [0.3, 0.4) is 0 Å². The van der Waals surface area contributed by atoms with Crippen molar-refractivity contribution < 1.29 is 4.39 Å². The van der Waals surface area contributed by atoms with Crippen LogP contribution in [0.5, 0.6) is 0 Å². The van der Waals surface area contributed by atoms with E-state index in [0.717, 1.165) is 17.0 Å². The topological polar surface area (TPSA) is 93.5 Å². The molecule has 0 aliphatic rings. The highest BCUT2D eigenvalue weighted by Crippen LogP contribution is 2.14. The Kier molecular flexibility index (Phi) is 6.81. The van der Waals surface area contributed by atoms with Gasteiger partial charge < -0.3 is 15.6 Å². The van der Waals surface area contributed by atoms with Gasteiger partial charge in [0.15, 0.2) is 5.84 Å². The number of hydrogen-bond donors (Lipinski definition) is 2. The van der Waals surface area contributed by atoms with E-state index in [1.807, 2.05) is 39.3 Å². The largest absolute Gasteiger partial charge is 0.384 e. The van der Waals surface area contributed by atoms with E-state index < -0.39 is 0 Å². The first-order valence-corrected chi connectivity index (χ1v) is 8.80. The van der Waals surface area contributed by atoms with E-state index in [4.69, 9.17) is 5.73 Å². The highest BCUT2D eigenvalue weighted by Gasteiger charge is 2.14. The molecule has 28 heavy (non-hydrogen) atoms. The molecule has 0 saturated heterocycles. The number of nitrogens with zero attached hydrogens (tertiary/aromatic N) is 5. The van der Waals surface area contributed by atoms with E-state index in [1.54, 1.807) is 18.5 Å². The fourth-order valence-electron chi connectivity index (χ4n) is 2.58. The maximum Gasteiger partial charge on any atom is 0.182 e. The molecular formula is C20H26FN7. The number of hydrogen-bond acceptors (Lipinski definition) is 4. The maximum atomic E-state index is 13.1. The smallest absolute Gasteiger partial charge is 0.182 e. The van der Waals surface area contributed by atoms with E-state index in [9.17, 15) is 4.39 Å². The summed E-state index contributed by atoms with van der Waals surface area (Å²) in [5.41, 5.74) is 9.24. The van der Waals surface area contributed by atoms with E-state index in [1.165, 1.54) is 12.3 Å². The zero-order valence-corrected chi connectivity index (χ0v) is 16.9. The molecule has 0 spiro atoms. The van der Waals surface area contributed by atoms with Gasteiger partial charge in [-0.15, -0.1) is 0 Å². The van der Waals surface area contributed by atoms with Gasteiger partial charge in [0.05, 0.1) is 30.0 Å². The number of aromatic nitrogens is 3. The summed E-state index contributed by atoms with van der Waals surface area (Å²) in [7, 11) is 1.86. The van der Waals surface area contributed by atoms with Crippen molar-refractivity contribution in [3.05, 3.63) is 71.6 Å². The number of nitrogens with two attached hydrogens (primary N) is 1. The normalized spacial score (nSPS) is 13.2. The van der Waals surface area contributed by atoms with Gasteiger partial charge in [0, 0.05) is 7.05 Å². The molecule has 1 atom stereocenters. The number of allylic oxidation sites excluding steroid dienone is 1. The highest BCUT2D eigenvalue weighted by molar-refractivity contribution is 6.09. The molecule has 0 radical (unpaired) electrons. The number of halogens is 1. The summed E-state index contributed by atoms with van der Waals surface area (Å²) in [6, 6.07) is 2.76. The Morgan fingerprint density at radius 1 is 1.32 bits per heavy atom. The van der Waals surface area contributed by atoms with Crippen LogP contribution < -0.4 is 11.1 Å². The van der Waals surface area contributed by atoms with Crippen molar-refractivity contribution in [1.29, 1.82) is 0 Å². The zero-order valence-electron chi connectivity index (χ0n) is 16.9. The minimum atomic E-state index is -0.383. The van der Waals surface area contributed by atoms with Gasteiger partial charge in [-0.1, -0.05) is 12.2 Å². The van der Waals surface area contributed by atoms with E-state index in [0.29, 0.717) is 23.2 Å². The summed E-state index contributed by atoms with van der Waals surface area (Å²) in [5.74, 6) is 0.721. The molecule has 0 fully saturated rings. The average molecular weight is 383 g/mol. The van der Waals surface area contributed by atoms with Gasteiger partial charge in [-0.05, 0) is 45.9 Å². The molecule has 0 aliphatic heterocycles. The van der Waals surface area contributed by atoms with Crippen LogP contribution in [0, 0.1) is 12.7 Å². The number of imidazole rings is 1. The molecule has 2 heterocycles. The minimum Gasteiger partial charge on any atom is -0.384 e. The Morgan fingerprint density at radius 3 is 2.57 bits per heavy atom. The maximum absolute atomic E-state index is 13.1. The van der Waals surface area contributed by atoms with Crippen LogP contribution >= 0.6 is 0 Å². The Labute approximate surface area is 164 Å². The number of aliphatic imine (C=N–C) groups is 2. The molecule has 0 aliphatic carbocycles. The first-order valence-electron chi connectivity index (χ1n) is 8.80. The summed E-state index contributed by atoms with van der Waals surface area (Å²) >= 11 is 0. The number of aryl methyl sites for hydroxylation is 2. The van der Waals surface area contributed by atoms with Gasteiger partial charge in [-0.3, -0.25) is 4.98 Å². The van der Waals surface area contributed by atoms with Gasteiger partial charge in [0.1, 0.15) is 23.2 Å². The molecule has 8 heteroatoms. The van der Waals surface area contributed by atoms with Crippen molar-refractivity contribution in [1.82, 2.24) is 19.9 Å². The summed E-state index contributed by atoms with van der Waals surface area (Å²) in [6.07, 6.45) is 4.63. The lowest BCUT2D eigenvalue weighted by Crippen LogP contribution is -2.20. The molecule has 7 nitrogen and oxygen atoms in total. The first kappa shape index (κ1) is 21.0. The van der Waals surface area contributed by atoms with Crippen LogP contribution in [0.2, 0.25) is 0 Å². The number of rotatable bonds is 6. The van der Waals surface area contributed by atoms with E-state index in [-0.39, 0.29) is 11.9 Å². The molecular weight excluding hydrogens is 357 g/mol. The van der Waals surface area contributed by atoms with Gasteiger partial charge in [-0.2, -0.15) is 0 Å².